The lowest BCUT2D eigenvalue weighted by atomic mass is 10.0. The number of benzene rings is 1. The smallest absolute Gasteiger partial charge is 0.349 e. The van der Waals surface area contributed by atoms with Gasteiger partial charge in [0.1, 0.15) is 10.9 Å². The van der Waals surface area contributed by atoms with Crippen LogP contribution >= 0.6 is 27.3 Å². The summed E-state index contributed by atoms with van der Waals surface area (Å²) >= 11 is 4.33. The summed E-state index contributed by atoms with van der Waals surface area (Å²) < 4.78 is 5.25. The molecule has 26 heavy (non-hydrogen) atoms. The predicted octanol–water partition coefficient (Wildman–Crippen LogP) is 3.09. The zero-order valence-electron chi connectivity index (χ0n) is 14.4. The molecule has 0 fully saturated rings. The summed E-state index contributed by atoms with van der Waals surface area (Å²) in [6.07, 6.45) is 1.33. The number of hydrogen-bond donors (Lipinski definition) is 2. The lowest BCUT2D eigenvalue weighted by Crippen LogP contribution is -2.47. The Morgan fingerprint density at radius 2 is 1.92 bits per heavy atom. The predicted molar refractivity (Wildman–Crippen MR) is 102 cm³/mol. The van der Waals surface area contributed by atoms with E-state index in [4.69, 9.17) is 0 Å². The van der Waals surface area contributed by atoms with E-state index in [-0.39, 0.29) is 21.8 Å². The summed E-state index contributed by atoms with van der Waals surface area (Å²) in [4.78, 5) is 40.8. The van der Waals surface area contributed by atoms with Crippen molar-refractivity contribution in [2.45, 2.75) is 19.9 Å². The Morgan fingerprint density at radius 3 is 2.54 bits per heavy atom. The topological polar surface area (TPSA) is 97.4 Å². The first-order valence-electron chi connectivity index (χ1n) is 7.74. The molecule has 1 atom stereocenters. The summed E-state index contributed by atoms with van der Waals surface area (Å²) in [5.74, 6) is -1.45. The van der Waals surface area contributed by atoms with E-state index in [1.54, 1.807) is 24.3 Å². The van der Waals surface area contributed by atoms with Crippen LogP contribution in [0.4, 0.5) is 5.13 Å². The number of rotatable bonds is 6. The minimum absolute atomic E-state index is 0.151. The van der Waals surface area contributed by atoms with Crippen LogP contribution in [0.15, 0.2) is 34.9 Å². The Kier molecular flexibility index (Phi) is 6.87. The van der Waals surface area contributed by atoms with Crippen LogP contribution in [0.25, 0.3) is 0 Å². The lowest BCUT2D eigenvalue weighted by Gasteiger charge is -2.21. The third-order valence-electron chi connectivity index (χ3n) is 3.48. The average molecular weight is 440 g/mol. The molecule has 2 amide bonds. The van der Waals surface area contributed by atoms with Crippen LogP contribution in [0.1, 0.15) is 33.9 Å². The molecule has 1 aromatic heterocycles. The fraction of sp³-hybridized carbons (Fsp3) is 0.294. The van der Waals surface area contributed by atoms with Crippen molar-refractivity contribution in [2.75, 3.05) is 12.4 Å². The highest BCUT2D eigenvalue weighted by Crippen LogP contribution is 2.20. The molecule has 7 nitrogen and oxygen atoms in total. The first-order chi connectivity index (χ1) is 12.3. The van der Waals surface area contributed by atoms with Gasteiger partial charge in [-0.15, -0.1) is 0 Å². The van der Waals surface area contributed by atoms with Crippen molar-refractivity contribution in [3.8, 4) is 0 Å². The number of hydrogen-bond acceptors (Lipinski definition) is 6. The van der Waals surface area contributed by atoms with E-state index < -0.39 is 17.9 Å². The van der Waals surface area contributed by atoms with Crippen molar-refractivity contribution in [1.29, 1.82) is 0 Å². The zero-order valence-corrected chi connectivity index (χ0v) is 16.8. The molecule has 0 aliphatic rings. The number of esters is 1. The van der Waals surface area contributed by atoms with E-state index in [1.165, 1.54) is 13.3 Å². The van der Waals surface area contributed by atoms with Gasteiger partial charge in [0.05, 0.1) is 18.9 Å². The number of carbonyl (C=O) groups excluding carboxylic acids is 3. The monoisotopic (exact) mass is 439 g/mol. The average Bonchev–Trinajstić information content (AvgIpc) is 3.07. The fourth-order valence-corrected chi connectivity index (χ4v) is 3.31. The van der Waals surface area contributed by atoms with Crippen LogP contribution < -0.4 is 10.6 Å². The molecule has 2 rings (SSSR count). The standard InChI is InChI=1S/C17H18BrN3O4S/c1-9(2)13(20-14(22)10-6-4-5-7-11(10)18)15(23)21-17-19-8-12(26-17)16(24)25-3/h4-9,13H,1-3H3,(H,20,22)(H,19,21,23). The molecule has 0 aliphatic carbocycles. The van der Waals surface area contributed by atoms with E-state index in [1.807, 2.05) is 13.8 Å². The second-order valence-electron chi connectivity index (χ2n) is 5.69. The highest BCUT2D eigenvalue weighted by atomic mass is 79.9. The summed E-state index contributed by atoms with van der Waals surface area (Å²) in [7, 11) is 1.27. The van der Waals surface area contributed by atoms with Crippen LogP contribution in [0, 0.1) is 5.92 Å². The number of thiazole rings is 1. The van der Waals surface area contributed by atoms with E-state index in [0.29, 0.717) is 10.0 Å². The Labute approximate surface area is 163 Å². The van der Waals surface area contributed by atoms with Crippen molar-refractivity contribution >= 4 is 50.2 Å². The van der Waals surface area contributed by atoms with Gasteiger partial charge >= 0.3 is 5.97 Å². The molecule has 1 aromatic carbocycles. The Balaban J connectivity index is 2.10. The summed E-state index contributed by atoms with van der Waals surface area (Å²) in [5, 5.41) is 5.63. The van der Waals surface area contributed by atoms with Gasteiger partial charge in [-0.25, -0.2) is 9.78 Å². The molecule has 0 bridgehead atoms. The van der Waals surface area contributed by atoms with Gasteiger partial charge in [0.15, 0.2) is 5.13 Å². The SMILES string of the molecule is COC(=O)c1cnc(NC(=O)C(NC(=O)c2ccccc2Br)C(C)C)s1. The van der Waals surface area contributed by atoms with Crippen molar-refractivity contribution in [2.24, 2.45) is 5.92 Å². The number of halogens is 1. The molecular weight excluding hydrogens is 422 g/mol. The van der Waals surface area contributed by atoms with Gasteiger partial charge in [0.2, 0.25) is 5.91 Å². The first kappa shape index (κ1) is 20.1. The van der Waals surface area contributed by atoms with Gasteiger partial charge in [0.25, 0.3) is 5.91 Å². The van der Waals surface area contributed by atoms with Gasteiger partial charge in [-0.2, -0.15) is 0 Å². The Hall–Kier alpha value is -2.26. The molecule has 0 saturated heterocycles. The number of anilines is 1. The molecule has 0 aliphatic heterocycles. The minimum Gasteiger partial charge on any atom is -0.465 e. The maximum absolute atomic E-state index is 12.6. The van der Waals surface area contributed by atoms with Crippen molar-refractivity contribution < 1.29 is 19.1 Å². The van der Waals surface area contributed by atoms with Crippen molar-refractivity contribution in [3.05, 3.63) is 45.4 Å². The largest absolute Gasteiger partial charge is 0.465 e. The molecule has 1 heterocycles. The minimum atomic E-state index is -0.764. The molecule has 0 saturated carbocycles. The van der Waals surface area contributed by atoms with Crippen molar-refractivity contribution in [3.63, 3.8) is 0 Å². The highest BCUT2D eigenvalue weighted by molar-refractivity contribution is 9.10. The quantitative estimate of drug-likeness (QED) is 0.673. The normalized spacial score (nSPS) is 11.7. The molecule has 1 unspecified atom stereocenters. The van der Waals surface area contributed by atoms with Crippen molar-refractivity contribution in [1.82, 2.24) is 10.3 Å². The van der Waals surface area contributed by atoms with E-state index in [0.717, 1.165) is 11.3 Å². The fourth-order valence-electron chi connectivity index (χ4n) is 2.11. The van der Waals surface area contributed by atoms with Crippen LogP contribution in [-0.4, -0.2) is 35.9 Å². The number of carbonyl (C=O) groups is 3. The number of ether oxygens (including phenoxy) is 1. The van der Waals surface area contributed by atoms with E-state index in [2.05, 4.69) is 36.3 Å². The number of amides is 2. The van der Waals surface area contributed by atoms with E-state index >= 15 is 0 Å². The maximum atomic E-state index is 12.6. The van der Waals surface area contributed by atoms with Crippen LogP contribution in [0.3, 0.4) is 0 Å². The zero-order chi connectivity index (χ0) is 19.3. The molecule has 138 valence electrons. The molecule has 2 aromatic rings. The number of methoxy groups -OCH3 is 1. The Morgan fingerprint density at radius 1 is 1.23 bits per heavy atom. The number of aromatic nitrogens is 1. The summed E-state index contributed by atoms with van der Waals surface area (Å²) in [5.41, 5.74) is 0.438. The van der Waals surface area contributed by atoms with Crippen LogP contribution in [-0.2, 0) is 9.53 Å². The number of nitrogens with zero attached hydrogens (tertiary/aromatic N) is 1. The highest BCUT2D eigenvalue weighted by Gasteiger charge is 2.26. The molecule has 0 spiro atoms. The maximum Gasteiger partial charge on any atom is 0.349 e. The van der Waals surface area contributed by atoms with Crippen LogP contribution in [0.2, 0.25) is 0 Å². The third kappa shape index (κ3) is 4.89. The lowest BCUT2D eigenvalue weighted by molar-refractivity contribution is -0.118. The molecule has 0 radical (unpaired) electrons. The van der Waals surface area contributed by atoms with Gasteiger partial charge < -0.3 is 15.4 Å². The van der Waals surface area contributed by atoms with Gasteiger partial charge in [-0.05, 0) is 34.0 Å². The second-order valence-corrected chi connectivity index (χ2v) is 7.57. The molecule has 2 N–H and O–H groups in total. The van der Waals surface area contributed by atoms with Gasteiger partial charge in [-0.1, -0.05) is 37.3 Å². The summed E-state index contributed by atoms with van der Waals surface area (Å²) in [6, 6.07) is 6.20. The molecular formula is C17H18BrN3O4S. The van der Waals surface area contributed by atoms with E-state index in [9.17, 15) is 14.4 Å². The third-order valence-corrected chi connectivity index (χ3v) is 5.06. The van der Waals surface area contributed by atoms with Crippen LogP contribution in [0.5, 0.6) is 0 Å². The first-order valence-corrected chi connectivity index (χ1v) is 9.34. The van der Waals surface area contributed by atoms with Gasteiger partial charge in [-0.3, -0.25) is 9.59 Å². The van der Waals surface area contributed by atoms with Gasteiger partial charge in [0, 0.05) is 4.47 Å². The second kappa shape index (κ2) is 8.91. The molecule has 9 heteroatoms. The Bertz CT molecular complexity index is 822. The number of nitrogens with one attached hydrogen (secondary N) is 2. The summed E-state index contributed by atoms with van der Waals surface area (Å²) in [6.45, 7) is 3.65.